The topological polar surface area (TPSA) is 25.8 Å². The monoisotopic (exact) mass is 700 g/mol. The van der Waals surface area contributed by atoms with Crippen molar-refractivity contribution in [3.8, 4) is 56.2 Å². The fraction of sp³-hybridized carbons (Fsp3) is 0.0566. The Balaban J connectivity index is 1.15. The predicted octanol–water partition coefficient (Wildman–Crippen LogP) is 14.1. The van der Waals surface area contributed by atoms with Gasteiger partial charge in [0.25, 0.3) is 0 Å². The zero-order valence-electron chi connectivity index (χ0n) is 30.7. The highest BCUT2D eigenvalue weighted by Gasteiger charge is 2.38. The molecular weight excluding hydrogens is 665 g/mol. The quantitative estimate of drug-likeness (QED) is 0.183. The van der Waals surface area contributed by atoms with Crippen LogP contribution in [-0.2, 0) is 5.41 Å². The van der Waals surface area contributed by atoms with E-state index < -0.39 is 0 Å². The SMILES string of the molecule is CC1(C)c2cccc(-c3ccc(-c4nc(-c5cccc6ccccc56)cc(-c5cccc6ccccc56)n4)c4ccccc34)c2-c2ccc3ccccc3c21. The van der Waals surface area contributed by atoms with Crippen LogP contribution in [0.15, 0.2) is 182 Å². The second kappa shape index (κ2) is 12.1. The van der Waals surface area contributed by atoms with Crippen LogP contribution in [0.3, 0.4) is 0 Å². The second-order valence-electron chi connectivity index (χ2n) is 15.3. The molecule has 0 fully saturated rings. The Morgan fingerprint density at radius 1 is 0.345 bits per heavy atom. The number of nitrogens with zero attached hydrogens (tertiary/aromatic N) is 2. The largest absolute Gasteiger partial charge is 0.228 e. The van der Waals surface area contributed by atoms with Gasteiger partial charge in [0.1, 0.15) is 0 Å². The molecule has 9 aromatic carbocycles. The average molecular weight is 701 g/mol. The number of fused-ring (bicyclic) bond motifs is 8. The van der Waals surface area contributed by atoms with Gasteiger partial charge in [-0.15, -0.1) is 0 Å². The molecule has 1 aromatic heterocycles. The van der Waals surface area contributed by atoms with Crippen LogP contribution < -0.4 is 0 Å². The molecular formula is C53H36N2. The highest BCUT2D eigenvalue weighted by atomic mass is 14.9. The molecule has 11 rings (SSSR count). The minimum atomic E-state index is -0.134. The molecule has 55 heavy (non-hydrogen) atoms. The number of hydrogen-bond acceptors (Lipinski definition) is 2. The van der Waals surface area contributed by atoms with Gasteiger partial charge in [-0.2, -0.15) is 0 Å². The van der Waals surface area contributed by atoms with E-state index >= 15 is 0 Å². The Morgan fingerprint density at radius 2 is 0.800 bits per heavy atom. The summed E-state index contributed by atoms with van der Waals surface area (Å²) in [6.07, 6.45) is 0. The van der Waals surface area contributed by atoms with Gasteiger partial charge in [-0.1, -0.05) is 184 Å². The molecule has 2 nitrogen and oxygen atoms in total. The van der Waals surface area contributed by atoms with Crippen molar-refractivity contribution in [3.05, 3.63) is 193 Å². The molecule has 1 heterocycles. The van der Waals surface area contributed by atoms with Gasteiger partial charge in [0.2, 0.25) is 0 Å². The summed E-state index contributed by atoms with van der Waals surface area (Å²) in [7, 11) is 0. The van der Waals surface area contributed by atoms with Crippen molar-refractivity contribution in [2.75, 3.05) is 0 Å². The normalized spacial score (nSPS) is 13.1. The second-order valence-corrected chi connectivity index (χ2v) is 15.3. The molecule has 0 saturated heterocycles. The molecule has 1 aliphatic rings. The van der Waals surface area contributed by atoms with E-state index in [2.05, 4.69) is 196 Å². The van der Waals surface area contributed by atoms with Crippen molar-refractivity contribution < 1.29 is 0 Å². The molecule has 0 unspecified atom stereocenters. The molecule has 0 spiro atoms. The van der Waals surface area contributed by atoms with Gasteiger partial charge in [0.05, 0.1) is 11.4 Å². The summed E-state index contributed by atoms with van der Waals surface area (Å²) in [5.74, 6) is 0.715. The van der Waals surface area contributed by atoms with Crippen molar-refractivity contribution in [1.82, 2.24) is 9.97 Å². The average Bonchev–Trinajstić information content (AvgIpc) is 3.49. The lowest BCUT2D eigenvalue weighted by atomic mass is 9.80. The van der Waals surface area contributed by atoms with Gasteiger partial charge >= 0.3 is 0 Å². The number of benzene rings is 9. The molecule has 0 saturated carbocycles. The van der Waals surface area contributed by atoms with Crippen molar-refractivity contribution in [1.29, 1.82) is 0 Å². The van der Waals surface area contributed by atoms with E-state index in [1.165, 1.54) is 71.1 Å². The third-order valence-corrected chi connectivity index (χ3v) is 11.9. The van der Waals surface area contributed by atoms with E-state index in [9.17, 15) is 0 Å². The Kier molecular flexibility index (Phi) is 6.93. The molecule has 0 N–H and O–H groups in total. The molecule has 0 radical (unpaired) electrons. The standard InChI is InChI=1S/C53H36N2/c1-53(2)47-27-13-26-44(50(47)46-29-28-35-16-5-8-21-38(35)51(46)53)41-30-31-45(40-23-10-9-22-39(40)41)52-54-48(42-24-11-17-33-14-3-6-19-36(33)42)32-49(55-52)43-25-12-18-34-15-4-7-20-37(34)43/h3-32H,1-2H3. The number of aromatic nitrogens is 2. The predicted molar refractivity (Wildman–Crippen MR) is 231 cm³/mol. The number of hydrogen-bond donors (Lipinski definition) is 0. The van der Waals surface area contributed by atoms with Gasteiger partial charge < -0.3 is 0 Å². The Hall–Kier alpha value is -6.90. The van der Waals surface area contributed by atoms with Crippen LogP contribution in [0, 0.1) is 0 Å². The first-order valence-electron chi connectivity index (χ1n) is 19.1. The van der Waals surface area contributed by atoms with Crippen LogP contribution in [0.1, 0.15) is 25.0 Å². The molecule has 2 heteroatoms. The van der Waals surface area contributed by atoms with Gasteiger partial charge in [-0.05, 0) is 88.6 Å². The summed E-state index contributed by atoms with van der Waals surface area (Å²) in [4.78, 5) is 10.8. The highest BCUT2D eigenvalue weighted by Crippen LogP contribution is 2.55. The molecule has 0 aliphatic heterocycles. The lowest BCUT2D eigenvalue weighted by Gasteiger charge is -2.23. The van der Waals surface area contributed by atoms with E-state index in [1.54, 1.807) is 0 Å². The molecule has 258 valence electrons. The van der Waals surface area contributed by atoms with Gasteiger partial charge in [-0.25, -0.2) is 9.97 Å². The Morgan fingerprint density at radius 3 is 1.44 bits per heavy atom. The summed E-state index contributed by atoms with van der Waals surface area (Å²) < 4.78 is 0. The van der Waals surface area contributed by atoms with Gasteiger partial charge in [0, 0.05) is 22.1 Å². The maximum Gasteiger partial charge on any atom is 0.161 e. The van der Waals surface area contributed by atoms with E-state index in [0.717, 1.165) is 33.5 Å². The van der Waals surface area contributed by atoms with Crippen molar-refractivity contribution >= 4 is 43.1 Å². The first-order chi connectivity index (χ1) is 27.0. The van der Waals surface area contributed by atoms with Crippen LogP contribution in [0.2, 0.25) is 0 Å². The number of rotatable bonds is 4. The Labute approximate surface area is 320 Å². The third-order valence-electron chi connectivity index (χ3n) is 11.9. The van der Waals surface area contributed by atoms with Crippen LogP contribution in [0.5, 0.6) is 0 Å². The van der Waals surface area contributed by atoms with Crippen LogP contribution in [0.4, 0.5) is 0 Å². The summed E-state index contributed by atoms with van der Waals surface area (Å²) in [6.45, 7) is 4.76. The summed E-state index contributed by atoms with van der Waals surface area (Å²) in [5.41, 5.74) is 12.8. The van der Waals surface area contributed by atoms with Crippen molar-refractivity contribution in [3.63, 3.8) is 0 Å². The Bertz CT molecular complexity index is 3080. The van der Waals surface area contributed by atoms with E-state index in [-0.39, 0.29) is 5.41 Å². The summed E-state index contributed by atoms with van der Waals surface area (Å²) in [5, 5.41) is 9.66. The molecule has 10 aromatic rings. The van der Waals surface area contributed by atoms with E-state index in [4.69, 9.17) is 9.97 Å². The van der Waals surface area contributed by atoms with Crippen molar-refractivity contribution in [2.45, 2.75) is 19.3 Å². The van der Waals surface area contributed by atoms with Crippen LogP contribution >= 0.6 is 0 Å². The molecule has 1 aliphatic carbocycles. The van der Waals surface area contributed by atoms with E-state index in [1.807, 2.05) is 0 Å². The molecule has 0 bridgehead atoms. The molecule has 0 atom stereocenters. The summed E-state index contributed by atoms with van der Waals surface area (Å²) in [6, 6.07) is 65.8. The van der Waals surface area contributed by atoms with Crippen molar-refractivity contribution in [2.24, 2.45) is 0 Å². The maximum absolute atomic E-state index is 5.41. The van der Waals surface area contributed by atoms with E-state index in [0.29, 0.717) is 5.82 Å². The fourth-order valence-electron chi connectivity index (χ4n) is 9.35. The van der Waals surface area contributed by atoms with Crippen LogP contribution in [-0.4, -0.2) is 9.97 Å². The van der Waals surface area contributed by atoms with Gasteiger partial charge in [0.15, 0.2) is 5.82 Å². The smallest absolute Gasteiger partial charge is 0.161 e. The summed E-state index contributed by atoms with van der Waals surface area (Å²) >= 11 is 0. The highest BCUT2D eigenvalue weighted by molar-refractivity contribution is 6.09. The zero-order chi connectivity index (χ0) is 36.7. The minimum absolute atomic E-state index is 0.134. The minimum Gasteiger partial charge on any atom is -0.228 e. The molecule has 0 amide bonds. The van der Waals surface area contributed by atoms with Gasteiger partial charge in [-0.3, -0.25) is 0 Å². The first kappa shape index (κ1) is 31.6. The lowest BCUT2D eigenvalue weighted by molar-refractivity contribution is 0.666. The lowest BCUT2D eigenvalue weighted by Crippen LogP contribution is -2.15. The third kappa shape index (κ3) is 4.81. The fourth-order valence-corrected chi connectivity index (χ4v) is 9.35. The first-order valence-corrected chi connectivity index (χ1v) is 19.1. The zero-order valence-corrected chi connectivity index (χ0v) is 30.7. The van der Waals surface area contributed by atoms with Crippen LogP contribution in [0.25, 0.3) is 99.2 Å². The maximum atomic E-state index is 5.41.